The third kappa shape index (κ3) is 3.59. The highest BCUT2D eigenvalue weighted by molar-refractivity contribution is 5.83. The molecule has 19 heavy (non-hydrogen) atoms. The van der Waals surface area contributed by atoms with Gasteiger partial charge in [0.25, 0.3) is 0 Å². The number of amides is 1. The number of alkyl halides is 3. The fraction of sp³-hybridized carbons (Fsp3) is 0.818. The van der Waals surface area contributed by atoms with Crippen molar-refractivity contribution >= 4 is 11.9 Å². The van der Waals surface area contributed by atoms with Gasteiger partial charge in [0.1, 0.15) is 0 Å². The van der Waals surface area contributed by atoms with Crippen LogP contribution in [0.4, 0.5) is 13.2 Å². The standard InChI is InChI=1S/C11H16F3NO4/c1-2-7-19-10(9(17)18)3-5-15(6-4-10)8(16)11(12,13)14/h2-7H2,1H3,(H,17,18). The van der Waals surface area contributed by atoms with Crippen LogP contribution in [0.3, 0.4) is 0 Å². The summed E-state index contributed by atoms with van der Waals surface area (Å²) in [6.07, 6.45) is -4.58. The SMILES string of the molecule is CCCOC1(C(=O)O)CCN(C(=O)C(F)(F)F)CC1. The fourth-order valence-corrected chi connectivity index (χ4v) is 1.97. The Bertz CT molecular complexity index is 348. The Morgan fingerprint density at radius 2 is 1.84 bits per heavy atom. The second-order valence-corrected chi connectivity index (χ2v) is 4.44. The van der Waals surface area contributed by atoms with Crippen LogP contribution in [0.5, 0.6) is 0 Å². The molecule has 110 valence electrons. The average Bonchev–Trinajstić information content (AvgIpc) is 2.34. The lowest BCUT2D eigenvalue weighted by atomic mass is 9.91. The molecule has 5 nitrogen and oxygen atoms in total. The van der Waals surface area contributed by atoms with Crippen LogP contribution in [0.2, 0.25) is 0 Å². The van der Waals surface area contributed by atoms with E-state index in [1.54, 1.807) is 6.92 Å². The lowest BCUT2D eigenvalue weighted by Gasteiger charge is -2.38. The number of halogens is 3. The van der Waals surface area contributed by atoms with E-state index >= 15 is 0 Å². The van der Waals surface area contributed by atoms with E-state index in [2.05, 4.69) is 0 Å². The van der Waals surface area contributed by atoms with E-state index in [4.69, 9.17) is 9.84 Å². The molecule has 0 unspecified atom stereocenters. The molecule has 1 fully saturated rings. The normalized spacial score (nSPS) is 19.3. The lowest BCUT2D eigenvalue weighted by molar-refractivity contribution is -0.193. The number of piperidine rings is 1. The third-order valence-corrected chi connectivity index (χ3v) is 3.07. The first-order valence-electron chi connectivity index (χ1n) is 5.96. The van der Waals surface area contributed by atoms with Gasteiger partial charge in [0.15, 0.2) is 5.60 Å². The Morgan fingerprint density at radius 3 is 2.21 bits per heavy atom. The van der Waals surface area contributed by atoms with Crippen LogP contribution in [-0.2, 0) is 14.3 Å². The van der Waals surface area contributed by atoms with Gasteiger partial charge in [-0.1, -0.05) is 6.92 Å². The molecule has 1 amide bonds. The number of hydrogen-bond acceptors (Lipinski definition) is 3. The molecular formula is C11H16F3NO4. The molecule has 0 bridgehead atoms. The molecule has 0 aromatic carbocycles. The molecule has 1 heterocycles. The van der Waals surface area contributed by atoms with Gasteiger partial charge in [-0.3, -0.25) is 4.79 Å². The molecular weight excluding hydrogens is 267 g/mol. The van der Waals surface area contributed by atoms with E-state index in [9.17, 15) is 22.8 Å². The van der Waals surface area contributed by atoms with Gasteiger partial charge in [0.05, 0.1) is 0 Å². The maximum absolute atomic E-state index is 12.2. The number of ether oxygens (including phenoxy) is 1. The molecule has 1 N–H and O–H groups in total. The van der Waals surface area contributed by atoms with Gasteiger partial charge >= 0.3 is 18.1 Å². The zero-order chi connectivity index (χ0) is 14.7. The summed E-state index contributed by atoms with van der Waals surface area (Å²) in [5.74, 6) is -3.12. The van der Waals surface area contributed by atoms with Crippen molar-refractivity contribution in [2.75, 3.05) is 19.7 Å². The zero-order valence-electron chi connectivity index (χ0n) is 10.5. The Kier molecular flexibility index (Phi) is 4.78. The number of nitrogens with zero attached hydrogens (tertiary/aromatic N) is 1. The van der Waals surface area contributed by atoms with Crippen molar-refractivity contribution in [3.63, 3.8) is 0 Å². The summed E-state index contributed by atoms with van der Waals surface area (Å²) in [6, 6.07) is 0. The fourth-order valence-electron chi connectivity index (χ4n) is 1.97. The van der Waals surface area contributed by atoms with Gasteiger partial charge < -0.3 is 14.7 Å². The van der Waals surface area contributed by atoms with Crippen LogP contribution >= 0.6 is 0 Å². The summed E-state index contributed by atoms with van der Waals surface area (Å²) in [7, 11) is 0. The quantitative estimate of drug-likeness (QED) is 0.847. The molecule has 0 aliphatic carbocycles. The summed E-state index contributed by atoms with van der Waals surface area (Å²) < 4.78 is 42.0. The van der Waals surface area contributed by atoms with E-state index in [0.29, 0.717) is 11.3 Å². The molecule has 1 rings (SSSR count). The Labute approximate surface area is 108 Å². The van der Waals surface area contributed by atoms with Gasteiger partial charge in [-0.25, -0.2) is 4.79 Å². The predicted octanol–water partition coefficient (Wildman–Crippen LogP) is 1.42. The Hall–Kier alpha value is -1.31. The van der Waals surface area contributed by atoms with Crippen molar-refractivity contribution in [3.05, 3.63) is 0 Å². The highest BCUT2D eigenvalue weighted by Crippen LogP contribution is 2.29. The van der Waals surface area contributed by atoms with Crippen LogP contribution < -0.4 is 0 Å². The number of aliphatic carboxylic acids is 1. The minimum atomic E-state index is -4.92. The van der Waals surface area contributed by atoms with Crippen LogP contribution in [0.25, 0.3) is 0 Å². The van der Waals surface area contributed by atoms with Crippen molar-refractivity contribution < 1.29 is 32.6 Å². The van der Waals surface area contributed by atoms with Gasteiger partial charge in [-0.05, 0) is 6.42 Å². The van der Waals surface area contributed by atoms with Crippen LogP contribution in [0, 0.1) is 0 Å². The maximum Gasteiger partial charge on any atom is 0.471 e. The molecule has 1 saturated heterocycles. The van der Waals surface area contributed by atoms with E-state index in [1.165, 1.54) is 0 Å². The smallest absolute Gasteiger partial charge is 0.471 e. The van der Waals surface area contributed by atoms with Gasteiger partial charge in [0.2, 0.25) is 0 Å². The van der Waals surface area contributed by atoms with Crippen molar-refractivity contribution in [1.82, 2.24) is 4.90 Å². The molecule has 1 aliphatic rings. The monoisotopic (exact) mass is 283 g/mol. The molecule has 8 heteroatoms. The zero-order valence-corrected chi connectivity index (χ0v) is 10.5. The number of carbonyl (C=O) groups excluding carboxylic acids is 1. The van der Waals surface area contributed by atoms with E-state index in [-0.39, 0.29) is 32.5 Å². The highest BCUT2D eigenvalue weighted by atomic mass is 19.4. The molecule has 0 saturated carbocycles. The largest absolute Gasteiger partial charge is 0.479 e. The predicted molar refractivity (Wildman–Crippen MR) is 58.5 cm³/mol. The van der Waals surface area contributed by atoms with E-state index in [0.717, 1.165) is 0 Å². The minimum Gasteiger partial charge on any atom is -0.479 e. The first-order valence-corrected chi connectivity index (χ1v) is 5.96. The molecule has 0 atom stereocenters. The molecule has 0 aromatic heterocycles. The number of carboxylic acids is 1. The Balaban J connectivity index is 2.68. The highest BCUT2D eigenvalue weighted by Gasteiger charge is 2.48. The first kappa shape index (κ1) is 15.7. The van der Waals surface area contributed by atoms with Crippen LogP contribution in [-0.4, -0.2) is 53.4 Å². The summed E-state index contributed by atoms with van der Waals surface area (Å²) in [5.41, 5.74) is -1.47. The van der Waals surface area contributed by atoms with Crippen LogP contribution in [0.15, 0.2) is 0 Å². The number of carboxylic acid groups (broad SMARTS) is 1. The number of likely N-dealkylation sites (tertiary alicyclic amines) is 1. The van der Waals surface area contributed by atoms with Gasteiger partial charge in [-0.2, -0.15) is 13.2 Å². The maximum atomic E-state index is 12.2. The van der Waals surface area contributed by atoms with E-state index in [1.807, 2.05) is 0 Å². The second kappa shape index (κ2) is 5.77. The summed E-state index contributed by atoms with van der Waals surface area (Å²) in [6.45, 7) is 1.49. The van der Waals surface area contributed by atoms with E-state index < -0.39 is 23.7 Å². The topological polar surface area (TPSA) is 66.8 Å². The number of carbonyl (C=O) groups is 2. The third-order valence-electron chi connectivity index (χ3n) is 3.07. The van der Waals surface area contributed by atoms with Crippen molar-refractivity contribution in [2.24, 2.45) is 0 Å². The summed E-state index contributed by atoms with van der Waals surface area (Å²) in [4.78, 5) is 22.9. The first-order chi connectivity index (χ1) is 8.73. The number of hydrogen-bond donors (Lipinski definition) is 1. The van der Waals surface area contributed by atoms with Crippen LogP contribution in [0.1, 0.15) is 26.2 Å². The number of rotatable bonds is 4. The lowest BCUT2D eigenvalue weighted by Crippen LogP contribution is -2.54. The minimum absolute atomic E-state index is 0.135. The molecule has 0 radical (unpaired) electrons. The molecule has 0 spiro atoms. The van der Waals surface area contributed by atoms with Crippen molar-refractivity contribution in [3.8, 4) is 0 Å². The van der Waals surface area contributed by atoms with Crippen molar-refractivity contribution in [1.29, 1.82) is 0 Å². The summed E-state index contributed by atoms with van der Waals surface area (Å²) >= 11 is 0. The van der Waals surface area contributed by atoms with Gasteiger partial charge in [-0.15, -0.1) is 0 Å². The van der Waals surface area contributed by atoms with Gasteiger partial charge in [0, 0.05) is 32.5 Å². The summed E-state index contributed by atoms with van der Waals surface area (Å²) in [5, 5.41) is 9.15. The van der Waals surface area contributed by atoms with Crippen molar-refractivity contribution in [2.45, 2.75) is 38.0 Å². The second-order valence-electron chi connectivity index (χ2n) is 4.44. The molecule has 1 aliphatic heterocycles. The molecule has 0 aromatic rings. The Morgan fingerprint density at radius 1 is 1.32 bits per heavy atom. The average molecular weight is 283 g/mol.